The van der Waals surface area contributed by atoms with Crippen LogP contribution in [0, 0.1) is 29.5 Å². The molecule has 2 aliphatic rings. The van der Waals surface area contributed by atoms with Gasteiger partial charge in [0.05, 0.1) is 11.0 Å². The van der Waals surface area contributed by atoms with Gasteiger partial charge in [0.25, 0.3) is 0 Å². The van der Waals surface area contributed by atoms with Gasteiger partial charge < -0.3 is 10.7 Å². The van der Waals surface area contributed by atoms with Crippen molar-refractivity contribution in [3.8, 4) is 22.4 Å². The number of hydrogen-bond donors (Lipinski definition) is 2. The molecular formula is C29H30FN3. The van der Waals surface area contributed by atoms with Crippen molar-refractivity contribution < 1.29 is 4.39 Å². The number of halogens is 1. The van der Waals surface area contributed by atoms with Crippen LogP contribution in [0.2, 0.25) is 0 Å². The van der Waals surface area contributed by atoms with E-state index in [0.29, 0.717) is 5.69 Å². The van der Waals surface area contributed by atoms with Crippen molar-refractivity contribution in [3.05, 3.63) is 72.2 Å². The fourth-order valence-corrected chi connectivity index (χ4v) is 6.44. The number of hydrogen-bond acceptors (Lipinski definition) is 2. The van der Waals surface area contributed by atoms with Crippen molar-refractivity contribution in [1.82, 2.24) is 9.97 Å². The first-order valence-corrected chi connectivity index (χ1v) is 12.2. The third kappa shape index (κ3) is 3.72. The summed E-state index contributed by atoms with van der Waals surface area (Å²) in [5.74, 6) is 3.12. The first-order chi connectivity index (χ1) is 16.0. The van der Waals surface area contributed by atoms with Gasteiger partial charge in [0.15, 0.2) is 5.82 Å². The van der Waals surface area contributed by atoms with Crippen molar-refractivity contribution in [2.24, 2.45) is 23.7 Å². The Kier molecular flexibility index (Phi) is 4.97. The van der Waals surface area contributed by atoms with Crippen LogP contribution in [0.1, 0.15) is 38.3 Å². The molecule has 2 heterocycles. The second-order valence-electron chi connectivity index (χ2n) is 10.2. The Balaban J connectivity index is 1.25. The fraction of sp³-hybridized carbons (Fsp3) is 0.345. The number of benzene rings is 2. The van der Waals surface area contributed by atoms with Crippen LogP contribution in [-0.4, -0.2) is 9.97 Å². The number of anilines is 1. The predicted octanol–water partition coefficient (Wildman–Crippen LogP) is 7.23. The molecule has 2 aromatic carbocycles. The molecule has 4 atom stereocenters. The van der Waals surface area contributed by atoms with E-state index in [0.717, 1.165) is 63.5 Å². The largest absolute Gasteiger partial charge is 0.399 e. The van der Waals surface area contributed by atoms with E-state index in [1.54, 1.807) is 6.07 Å². The second-order valence-corrected chi connectivity index (χ2v) is 10.2. The molecule has 4 aromatic rings. The summed E-state index contributed by atoms with van der Waals surface area (Å²) < 4.78 is 15.0. The third-order valence-corrected chi connectivity index (χ3v) is 8.21. The quantitative estimate of drug-likeness (QED) is 0.330. The molecular weight excluding hydrogens is 409 g/mol. The van der Waals surface area contributed by atoms with E-state index in [1.165, 1.54) is 31.4 Å². The number of aromatic amines is 1. The molecule has 4 unspecified atom stereocenters. The highest BCUT2D eigenvalue weighted by molar-refractivity contribution is 5.80. The molecule has 0 bridgehead atoms. The lowest BCUT2D eigenvalue weighted by atomic mass is 9.87. The van der Waals surface area contributed by atoms with Gasteiger partial charge in [-0.15, -0.1) is 0 Å². The van der Waals surface area contributed by atoms with E-state index in [4.69, 9.17) is 10.7 Å². The van der Waals surface area contributed by atoms with E-state index >= 15 is 4.39 Å². The van der Waals surface area contributed by atoms with Crippen LogP contribution in [0.25, 0.3) is 33.4 Å². The Hall–Kier alpha value is -3.14. The van der Waals surface area contributed by atoms with Gasteiger partial charge in [-0.3, -0.25) is 0 Å². The number of pyridine rings is 1. The van der Waals surface area contributed by atoms with Crippen LogP contribution in [0.3, 0.4) is 0 Å². The summed E-state index contributed by atoms with van der Waals surface area (Å²) in [6, 6.07) is 19.4. The lowest BCUT2D eigenvalue weighted by Crippen LogP contribution is -2.13. The minimum Gasteiger partial charge on any atom is -0.399 e. The normalized spacial score (nSPS) is 24.4. The molecule has 2 aliphatic carbocycles. The number of aromatic nitrogens is 2. The maximum Gasteiger partial charge on any atom is 0.151 e. The zero-order valence-corrected chi connectivity index (χ0v) is 19.0. The highest BCUT2D eigenvalue weighted by Crippen LogP contribution is 2.51. The molecule has 6 rings (SSSR count). The van der Waals surface area contributed by atoms with Gasteiger partial charge in [-0.2, -0.15) is 0 Å². The van der Waals surface area contributed by atoms with Crippen LogP contribution >= 0.6 is 0 Å². The van der Waals surface area contributed by atoms with Crippen molar-refractivity contribution in [3.63, 3.8) is 0 Å². The van der Waals surface area contributed by atoms with Crippen molar-refractivity contribution in [2.75, 3.05) is 5.73 Å². The van der Waals surface area contributed by atoms with Crippen LogP contribution in [0.5, 0.6) is 0 Å². The molecule has 33 heavy (non-hydrogen) atoms. The van der Waals surface area contributed by atoms with Gasteiger partial charge in [-0.25, -0.2) is 9.37 Å². The number of nitrogens with one attached hydrogen (secondary N) is 1. The Morgan fingerprint density at radius 1 is 0.879 bits per heavy atom. The first-order valence-electron chi connectivity index (χ1n) is 12.2. The number of H-pyrrole nitrogens is 1. The molecule has 2 aromatic heterocycles. The smallest absolute Gasteiger partial charge is 0.151 e. The molecule has 0 aliphatic heterocycles. The van der Waals surface area contributed by atoms with Crippen molar-refractivity contribution in [2.45, 2.75) is 39.0 Å². The fourth-order valence-electron chi connectivity index (χ4n) is 6.44. The molecule has 0 saturated heterocycles. The standard InChI is InChI=1S/C29H30FN3/c1-17-2-12-25-21(9-13-24(17)25)14-23-15-27-28(32-23)16-26(30)29(33-27)20-5-3-18(4-6-20)19-7-10-22(31)11-8-19/h3-8,10-11,15-17,21,24-25,32H,2,9,12-14,31H2,1H3. The lowest BCUT2D eigenvalue weighted by Gasteiger charge is -2.18. The minimum atomic E-state index is -0.290. The summed E-state index contributed by atoms with van der Waals surface area (Å²) in [4.78, 5) is 8.17. The van der Waals surface area contributed by atoms with Crippen LogP contribution in [0.15, 0.2) is 60.7 Å². The Bertz CT molecular complexity index is 1290. The van der Waals surface area contributed by atoms with E-state index in [2.05, 4.69) is 18.0 Å². The SMILES string of the molecule is CC1CCC2C(Cc3cc4nc(-c5ccc(-c6ccc(N)cc6)cc5)c(F)cc4[nH]3)CCC12. The third-order valence-electron chi connectivity index (χ3n) is 8.21. The maximum absolute atomic E-state index is 15.0. The highest BCUT2D eigenvalue weighted by Gasteiger charge is 2.42. The van der Waals surface area contributed by atoms with Gasteiger partial charge in [0.1, 0.15) is 5.69 Å². The van der Waals surface area contributed by atoms with E-state index in [9.17, 15) is 0 Å². The van der Waals surface area contributed by atoms with Gasteiger partial charge in [0.2, 0.25) is 0 Å². The monoisotopic (exact) mass is 439 g/mol. The molecule has 0 radical (unpaired) electrons. The number of nitrogen functional groups attached to an aromatic ring is 1. The van der Waals surface area contributed by atoms with Crippen molar-refractivity contribution in [1.29, 1.82) is 0 Å². The average molecular weight is 440 g/mol. The molecule has 3 N–H and O–H groups in total. The highest BCUT2D eigenvalue weighted by atomic mass is 19.1. The van der Waals surface area contributed by atoms with Gasteiger partial charge >= 0.3 is 0 Å². The summed E-state index contributed by atoms with van der Waals surface area (Å²) in [5.41, 5.74) is 12.7. The topological polar surface area (TPSA) is 54.7 Å². The van der Waals surface area contributed by atoms with Crippen molar-refractivity contribution >= 4 is 16.7 Å². The summed E-state index contributed by atoms with van der Waals surface area (Å²) >= 11 is 0. The Morgan fingerprint density at radius 3 is 2.30 bits per heavy atom. The van der Waals surface area contributed by atoms with E-state index in [1.807, 2.05) is 48.5 Å². The van der Waals surface area contributed by atoms with Crippen LogP contribution < -0.4 is 5.73 Å². The van der Waals surface area contributed by atoms with Crippen LogP contribution in [0.4, 0.5) is 10.1 Å². The summed E-state index contributed by atoms with van der Waals surface area (Å²) in [5, 5.41) is 0. The number of fused-ring (bicyclic) bond motifs is 2. The van der Waals surface area contributed by atoms with Gasteiger partial charge in [-0.05, 0) is 78.7 Å². The maximum atomic E-state index is 15.0. The Morgan fingerprint density at radius 2 is 1.55 bits per heavy atom. The summed E-state index contributed by atoms with van der Waals surface area (Å²) in [7, 11) is 0. The summed E-state index contributed by atoms with van der Waals surface area (Å²) in [6.45, 7) is 2.42. The number of rotatable bonds is 4. The van der Waals surface area contributed by atoms with E-state index < -0.39 is 0 Å². The lowest BCUT2D eigenvalue weighted by molar-refractivity contribution is 0.322. The molecule has 0 amide bonds. The summed E-state index contributed by atoms with van der Waals surface area (Å²) in [6.07, 6.45) is 6.51. The predicted molar refractivity (Wildman–Crippen MR) is 133 cm³/mol. The molecule has 2 fully saturated rings. The molecule has 0 spiro atoms. The molecule has 2 saturated carbocycles. The average Bonchev–Trinajstić information content (AvgIpc) is 3.51. The zero-order chi connectivity index (χ0) is 22.5. The number of nitrogens with zero attached hydrogens (tertiary/aromatic N) is 1. The Labute approximate surface area is 194 Å². The van der Waals surface area contributed by atoms with E-state index in [-0.39, 0.29) is 5.82 Å². The molecule has 168 valence electrons. The van der Waals surface area contributed by atoms with Crippen LogP contribution in [-0.2, 0) is 6.42 Å². The second kappa shape index (κ2) is 8.02. The molecule has 4 heteroatoms. The number of nitrogens with two attached hydrogens (primary N) is 1. The molecule has 3 nitrogen and oxygen atoms in total. The minimum absolute atomic E-state index is 0.290. The zero-order valence-electron chi connectivity index (χ0n) is 19.0. The first kappa shape index (κ1) is 20.5. The van der Waals surface area contributed by atoms with Gasteiger partial charge in [-0.1, -0.05) is 49.7 Å². The van der Waals surface area contributed by atoms with Gasteiger partial charge in [0, 0.05) is 23.0 Å².